The first-order valence-corrected chi connectivity index (χ1v) is 12.9. The van der Waals surface area contributed by atoms with Crippen LogP contribution in [-0.4, -0.2) is 27.3 Å². The van der Waals surface area contributed by atoms with Gasteiger partial charge in [0.15, 0.2) is 0 Å². The van der Waals surface area contributed by atoms with Crippen molar-refractivity contribution in [2.24, 2.45) is 23.2 Å². The van der Waals surface area contributed by atoms with Crippen molar-refractivity contribution in [2.45, 2.75) is 70.6 Å². The Morgan fingerprint density at radius 3 is 2.44 bits per heavy atom. The maximum absolute atomic E-state index is 14.3. The minimum atomic E-state index is -4.52. The van der Waals surface area contributed by atoms with Gasteiger partial charge in [0.05, 0.1) is 11.3 Å². The van der Waals surface area contributed by atoms with E-state index >= 15 is 0 Å². The van der Waals surface area contributed by atoms with E-state index < -0.39 is 17.6 Å². The van der Waals surface area contributed by atoms with E-state index in [1.165, 1.54) is 25.6 Å². The predicted octanol–water partition coefficient (Wildman–Crippen LogP) is 5.74. The van der Waals surface area contributed by atoms with E-state index in [0.717, 1.165) is 60.8 Å². The van der Waals surface area contributed by atoms with Crippen LogP contribution in [0.1, 0.15) is 67.3 Å². The van der Waals surface area contributed by atoms with Crippen LogP contribution >= 0.6 is 0 Å². The van der Waals surface area contributed by atoms with E-state index in [4.69, 9.17) is 0 Å². The largest absolute Gasteiger partial charge is 0.416 e. The molecule has 2 aromatic rings. The second kappa shape index (κ2) is 8.78. The molecule has 4 fully saturated rings. The highest BCUT2D eigenvalue weighted by Crippen LogP contribution is 2.61. The van der Waals surface area contributed by atoms with E-state index in [1.54, 1.807) is 0 Å². The van der Waals surface area contributed by atoms with Crippen LogP contribution < -0.4 is 5.32 Å². The molecule has 4 saturated carbocycles. The van der Waals surface area contributed by atoms with E-state index in [1.807, 2.05) is 4.90 Å². The van der Waals surface area contributed by atoms with Crippen LogP contribution in [0.3, 0.4) is 0 Å². The molecule has 1 amide bonds. The number of amides is 1. The SMILES string of the molecule is O=C(CC12CC3CC(CC(C3)C1)C2)Nc1ncnc2c1CCN(Cc1cc(C(F)(F)F)ccc1F)C2. The molecule has 4 bridgehead atoms. The summed E-state index contributed by atoms with van der Waals surface area (Å²) in [5, 5.41) is 3.05. The summed E-state index contributed by atoms with van der Waals surface area (Å²) in [6, 6.07) is 2.51. The Labute approximate surface area is 207 Å². The number of hydrogen-bond acceptors (Lipinski definition) is 4. The number of anilines is 1. The summed E-state index contributed by atoms with van der Waals surface area (Å²) < 4.78 is 53.5. The van der Waals surface area contributed by atoms with Gasteiger partial charge in [-0.25, -0.2) is 14.4 Å². The lowest BCUT2D eigenvalue weighted by Gasteiger charge is -2.56. The van der Waals surface area contributed by atoms with Crippen LogP contribution in [0.2, 0.25) is 0 Å². The van der Waals surface area contributed by atoms with Crippen molar-refractivity contribution in [3.05, 3.63) is 52.7 Å². The van der Waals surface area contributed by atoms with Gasteiger partial charge in [0.2, 0.25) is 5.91 Å². The molecule has 1 aromatic heterocycles. The summed E-state index contributed by atoms with van der Waals surface area (Å²) in [7, 11) is 0. The number of benzene rings is 1. The van der Waals surface area contributed by atoms with Crippen LogP contribution in [-0.2, 0) is 30.5 Å². The maximum atomic E-state index is 14.3. The maximum Gasteiger partial charge on any atom is 0.416 e. The van der Waals surface area contributed by atoms with E-state index in [9.17, 15) is 22.4 Å². The Balaban J connectivity index is 1.13. The molecule has 1 aliphatic heterocycles. The number of nitrogens with zero attached hydrogens (tertiary/aromatic N) is 3. The first-order valence-electron chi connectivity index (χ1n) is 12.9. The lowest BCUT2D eigenvalue weighted by atomic mass is 9.49. The molecule has 0 saturated heterocycles. The average molecular weight is 503 g/mol. The molecule has 2 heterocycles. The fourth-order valence-electron chi connectivity index (χ4n) is 7.79. The zero-order chi connectivity index (χ0) is 25.1. The lowest BCUT2D eigenvalue weighted by Crippen LogP contribution is -2.47. The molecule has 4 aliphatic carbocycles. The van der Waals surface area contributed by atoms with Gasteiger partial charge in [0.1, 0.15) is 18.0 Å². The fourth-order valence-corrected chi connectivity index (χ4v) is 7.79. The number of carbonyl (C=O) groups excluding carboxylic acids is 1. The van der Waals surface area contributed by atoms with Gasteiger partial charge >= 0.3 is 6.18 Å². The van der Waals surface area contributed by atoms with Crippen molar-refractivity contribution in [3.63, 3.8) is 0 Å². The number of aromatic nitrogens is 2. The minimum absolute atomic E-state index is 0.00585. The van der Waals surface area contributed by atoms with Crippen LogP contribution in [0.4, 0.5) is 23.4 Å². The molecule has 7 rings (SSSR count). The van der Waals surface area contributed by atoms with Crippen molar-refractivity contribution >= 4 is 11.7 Å². The fraction of sp³-hybridized carbons (Fsp3) is 0.593. The molecule has 1 aromatic carbocycles. The Morgan fingerprint density at radius 2 is 1.78 bits per heavy atom. The molecule has 1 N–H and O–H groups in total. The number of alkyl halides is 3. The van der Waals surface area contributed by atoms with Crippen LogP contribution in [0, 0.1) is 29.0 Å². The number of halogens is 4. The molecule has 5 nitrogen and oxygen atoms in total. The molecule has 0 radical (unpaired) electrons. The third kappa shape index (κ3) is 4.62. The highest BCUT2D eigenvalue weighted by atomic mass is 19.4. The summed E-state index contributed by atoms with van der Waals surface area (Å²) in [5.74, 6) is 2.22. The Bertz CT molecular complexity index is 1150. The first-order chi connectivity index (χ1) is 17.2. The van der Waals surface area contributed by atoms with Gasteiger partial charge in [0, 0.05) is 37.2 Å². The van der Waals surface area contributed by atoms with Gasteiger partial charge in [-0.2, -0.15) is 13.2 Å². The number of carbonyl (C=O) groups is 1. The van der Waals surface area contributed by atoms with Gasteiger partial charge in [-0.3, -0.25) is 9.69 Å². The van der Waals surface area contributed by atoms with Gasteiger partial charge < -0.3 is 5.32 Å². The second-order valence-electron chi connectivity index (χ2n) is 11.6. The molecule has 0 spiro atoms. The Morgan fingerprint density at radius 1 is 1.08 bits per heavy atom. The standard InChI is InChI=1S/C27H30F4N4O/c28-22-2-1-20(27(29,30)31)8-19(22)13-35-4-3-21-23(14-35)32-15-33-25(21)34-24(36)12-26-9-16-5-17(10-26)7-18(6-16)11-26/h1-2,8,15-18H,3-7,9-14H2,(H,32,33,34,36). The van der Waals surface area contributed by atoms with Crippen molar-refractivity contribution in [1.29, 1.82) is 0 Å². The number of fused-ring (bicyclic) bond motifs is 1. The van der Waals surface area contributed by atoms with E-state index in [0.29, 0.717) is 37.4 Å². The first kappa shape index (κ1) is 23.8. The molecule has 0 atom stereocenters. The van der Waals surface area contributed by atoms with E-state index in [2.05, 4.69) is 15.3 Å². The Hall–Kier alpha value is -2.55. The smallest absolute Gasteiger partial charge is 0.310 e. The van der Waals surface area contributed by atoms with Gasteiger partial charge in [-0.1, -0.05) is 0 Å². The van der Waals surface area contributed by atoms with Crippen molar-refractivity contribution in [2.75, 3.05) is 11.9 Å². The lowest BCUT2D eigenvalue weighted by molar-refractivity contribution is -0.137. The summed E-state index contributed by atoms with van der Waals surface area (Å²) in [6.07, 6.45) is 5.45. The number of rotatable bonds is 5. The molecular weight excluding hydrogens is 472 g/mol. The third-order valence-electron chi connectivity index (χ3n) is 8.81. The second-order valence-corrected chi connectivity index (χ2v) is 11.6. The third-order valence-corrected chi connectivity index (χ3v) is 8.81. The van der Waals surface area contributed by atoms with Gasteiger partial charge in [-0.05, 0) is 86.3 Å². The van der Waals surface area contributed by atoms with Gasteiger partial charge in [0.25, 0.3) is 0 Å². The average Bonchev–Trinajstić information content (AvgIpc) is 2.78. The molecule has 36 heavy (non-hydrogen) atoms. The zero-order valence-corrected chi connectivity index (χ0v) is 20.1. The highest BCUT2D eigenvalue weighted by molar-refractivity contribution is 5.91. The summed E-state index contributed by atoms with van der Waals surface area (Å²) in [6.45, 7) is 0.909. The Kier molecular flexibility index (Phi) is 5.81. The molecular formula is C27H30F4N4O. The minimum Gasteiger partial charge on any atom is -0.310 e. The van der Waals surface area contributed by atoms with Crippen molar-refractivity contribution < 1.29 is 22.4 Å². The summed E-state index contributed by atoms with van der Waals surface area (Å²) in [4.78, 5) is 23.7. The molecule has 9 heteroatoms. The molecule has 192 valence electrons. The zero-order valence-electron chi connectivity index (χ0n) is 20.1. The summed E-state index contributed by atoms with van der Waals surface area (Å²) in [5.41, 5.74) is 0.859. The molecule has 5 aliphatic rings. The van der Waals surface area contributed by atoms with Crippen LogP contribution in [0.15, 0.2) is 24.5 Å². The monoisotopic (exact) mass is 502 g/mol. The van der Waals surface area contributed by atoms with Crippen LogP contribution in [0.5, 0.6) is 0 Å². The quantitative estimate of drug-likeness (QED) is 0.530. The van der Waals surface area contributed by atoms with Crippen molar-refractivity contribution in [3.8, 4) is 0 Å². The highest BCUT2D eigenvalue weighted by Gasteiger charge is 2.51. The van der Waals surface area contributed by atoms with Crippen molar-refractivity contribution in [1.82, 2.24) is 14.9 Å². The topological polar surface area (TPSA) is 58.1 Å². The van der Waals surface area contributed by atoms with E-state index in [-0.39, 0.29) is 23.4 Å². The predicted molar refractivity (Wildman–Crippen MR) is 125 cm³/mol. The number of hydrogen-bond donors (Lipinski definition) is 1. The summed E-state index contributed by atoms with van der Waals surface area (Å²) >= 11 is 0. The molecule has 0 unspecified atom stereocenters. The number of nitrogens with one attached hydrogen (secondary N) is 1. The normalized spacial score (nSPS) is 29.3. The van der Waals surface area contributed by atoms with Gasteiger partial charge in [-0.15, -0.1) is 0 Å². The van der Waals surface area contributed by atoms with Crippen LogP contribution in [0.25, 0.3) is 0 Å².